The van der Waals surface area contributed by atoms with Crippen LogP contribution < -0.4 is 11.1 Å². The van der Waals surface area contributed by atoms with Crippen LogP contribution in [0.15, 0.2) is 22.7 Å². The van der Waals surface area contributed by atoms with Gasteiger partial charge >= 0.3 is 0 Å². The maximum absolute atomic E-state index is 13.4. The standard InChI is InChI=1S/C14H18BrFN2O2/c15-11-2-1-9(7-12(11)16)8-18-14(19)13(17)10-3-5-20-6-4-10/h1-2,7,10,13H,3-6,8,17H2,(H,18,19). The van der Waals surface area contributed by atoms with Gasteiger partial charge in [0.2, 0.25) is 5.91 Å². The van der Waals surface area contributed by atoms with E-state index in [-0.39, 0.29) is 24.2 Å². The lowest BCUT2D eigenvalue weighted by Gasteiger charge is -2.26. The number of amides is 1. The number of hydrogen-bond donors (Lipinski definition) is 2. The third-order valence-electron chi connectivity index (χ3n) is 3.53. The first-order chi connectivity index (χ1) is 9.58. The van der Waals surface area contributed by atoms with Crippen LogP contribution in [0.3, 0.4) is 0 Å². The molecule has 0 saturated carbocycles. The van der Waals surface area contributed by atoms with Crippen molar-refractivity contribution in [2.75, 3.05) is 13.2 Å². The second kappa shape index (κ2) is 7.15. The lowest BCUT2D eigenvalue weighted by molar-refractivity contribution is -0.124. The van der Waals surface area contributed by atoms with Crippen molar-refractivity contribution in [3.63, 3.8) is 0 Å². The van der Waals surface area contributed by atoms with Crippen LogP contribution in [-0.2, 0) is 16.1 Å². The van der Waals surface area contributed by atoms with Gasteiger partial charge in [-0.05, 0) is 52.4 Å². The van der Waals surface area contributed by atoms with Crippen LogP contribution in [0.1, 0.15) is 18.4 Å². The molecule has 0 aromatic heterocycles. The average Bonchev–Trinajstić information content (AvgIpc) is 2.48. The molecule has 1 amide bonds. The van der Waals surface area contributed by atoms with Gasteiger partial charge in [-0.2, -0.15) is 0 Å². The molecule has 1 aliphatic heterocycles. The van der Waals surface area contributed by atoms with Crippen LogP contribution in [0.4, 0.5) is 4.39 Å². The van der Waals surface area contributed by atoms with E-state index in [1.165, 1.54) is 6.07 Å². The molecule has 1 unspecified atom stereocenters. The normalized spacial score (nSPS) is 17.8. The van der Waals surface area contributed by atoms with E-state index >= 15 is 0 Å². The second-order valence-corrected chi connectivity index (χ2v) is 5.80. The van der Waals surface area contributed by atoms with E-state index in [0.29, 0.717) is 23.2 Å². The summed E-state index contributed by atoms with van der Waals surface area (Å²) in [5, 5.41) is 2.76. The summed E-state index contributed by atoms with van der Waals surface area (Å²) in [6, 6.07) is 4.24. The van der Waals surface area contributed by atoms with Crippen LogP contribution in [0.25, 0.3) is 0 Å². The van der Waals surface area contributed by atoms with Crippen molar-refractivity contribution in [3.8, 4) is 0 Å². The third-order valence-corrected chi connectivity index (χ3v) is 4.17. The molecule has 1 atom stereocenters. The molecule has 3 N–H and O–H groups in total. The number of carbonyl (C=O) groups excluding carboxylic acids is 1. The van der Waals surface area contributed by atoms with Gasteiger partial charge in [-0.25, -0.2) is 4.39 Å². The molecule has 20 heavy (non-hydrogen) atoms. The van der Waals surface area contributed by atoms with E-state index in [9.17, 15) is 9.18 Å². The first-order valence-corrected chi connectivity index (χ1v) is 7.42. The summed E-state index contributed by atoms with van der Waals surface area (Å²) >= 11 is 3.09. The summed E-state index contributed by atoms with van der Waals surface area (Å²) in [6.45, 7) is 1.59. The van der Waals surface area contributed by atoms with Crippen molar-refractivity contribution in [2.45, 2.75) is 25.4 Å². The molecule has 4 nitrogen and oxygen atoms in total. The van der Waals surface area contributed by atoms with Crippen LogP contribution in [0.5, 0.6) is 0 Å². The second-order valence-electron chi connectivity index (χ2n) is 4.94. The Morgan fingerprint density at radius 2 is 2.20 bits per heavy atom. The Balaban J connectivity index is 1.86. The molecule has 1 saturated heterocycles. The molecule has 0 bridgehead atoms. The summed E-state index contributed by atoms with van der Waals surface area (Å²) in [5.74, 6) is -0.379. The van der Waals surface area contributed by atoms with Crippen molar-refractivity contribution in [1.29, 1.82) is 0 Å². The molecule has 110 valence electrons. The van der Waals surface area contributed by atoms with Crippen molar-refractivity contribution < 1.29 is 13.9 Å². The molecular formula is C14H18BrFN2O2. The highest BCUT2D eigenvalue weighted by molar-refractivity contribution is 9.10. The highest BCUT2D eigenvalue weighted by atomic mass is 79.9. The fourth-order valence-electron chi connectivity index (χ4n) is 2.25. The van der Waals surface area contributed by atoms with Gasteiger partial charge in [0, 0.05) is 19.8 Å². The number of benzene rings is 1. The molecule has 1 aromatic carbocycles. The van der Waals surface area contributed by atoms with E-state index < -0.39 is 6.04 Å². The number of halogens is 2. The smallest absolute Gasteiger partial charge is 0.237 e. The topological polar surface area (TPSA) is 64.4 Å². The molecule has 1 aliphatic rings. The van der Waals surface area contributed by atoms with Crippen molar-refractivity contribution in [3.05, 3.63) is 34.1 Å². The summed E-state index contributed by atoms with van der Waals surface area (Å²) in [5.41, 5.74) is 6.67. The minimum atomic E-state index is -0.529. The minimum absolute atomic E-state index is 0.158. The number of carbonyl (C=O) groups is 1. The van der Waals surface area contributed by atoms with Crippen LogP contribution >= 0.6 is 15.9 Å². The highest BCUT2D eigenvalue weighted by Crippen LogP contribution is 2.18. The van der Waals surface area contributed by atoms with Gasteiger partial charge in [0.15, 0.2) is 0 Å². The molecule has 1 heterocycles. The average molecular weight is 345 g/mol. The minimum Gasteiger partial charge on any atom is -0.381 e. The van der Waals surface area contributed by atoms with Crippen LogP contribution in [0.2, 0.25) is 0 Å². The molecule has 0 aliphatic carbocycles. The Labute approximate surface area is 126 Å². The number of nitrogens with one attached hydrogen (secondary N) is 1. The monoisotopic (exact) mass is 344 g/mol. The van der Waals surface area contributed by atoms with E-state index in [4.69, 9.17) is 10.5 Å². The highest BCUT2D eigenvalue weighted by Gasteiger charge is 2.26. The zero-order valence-electron chi connectivity index (χ0n) is 11.1. The summed E-state index contributed by atoms with van der Waals surface area (Å²) in [4.78, 5) is 12.0. The fourth-order valence-corrected chi connectivity index (χ4v) is 2.49. The van der Waals surface area contributed by atoms with Crippen molar-refractivity contribution in [1.82, 2.24) is 5.32 Å². The molecule has 0 radical (unpaired) electrons. The Morgan fingerprint density at radius 3 is 2.85 bits per heavy atom. The number of rotatable bonds is 4. The first kappa shape index (κ1) is 15.4. The lowest BCUT2D eigenvalue weighted by atomic mass is 9.92. The SMILES string of the molecule is NC(C(=O)NCc1ccc(Br)c(F)c1)C1CCOCC1. The summed E-state index contributed by atoms with van der Waals surface area (Å²) < 4.78 is 19.0. The van der Waals surface area contributed by atoms with Gasteiger partial charge in [-0.1, -0.05) is 6.07 Å². The van der Waals surface area contributed by atoms with Crippen LogP contribution in [-0.4, -0.2) is 25.2 Å². The predicted octanol–water partition coefficient (Wildman–Crippen LogP) is 1.96. The molecule has 0 spiro atoms. The summed E-state index contributed by atoms with van der Waals surface area (Å²) in [6.07, 6.45) is 1.61. The maximum Gasteiger partial charge on any atom is 0.237 e. The van der Waals surface area contributed by atoms with Gasteiger partial charge in [0.25, 0.3) is 0 Å². The third kappa shape index (κ3) is 4.01. The zero-order chi connectivity index (χ0) is 14.5. The molecule has 6 heteroatoms. The molecular weight excluding hydrogens is 327 g/mol. The summed E-state index contributed by atoms with van der Waals surface area (Å²) in [7, 11) is 0. The van der Waals surface area contributed by atoms with Gasteiger partial charge in [0.1, 0.15) is 5.82 Å². The molecule has 2 rings (SSSR count). The Bertz CT molecular complexity index is 478. The van der Waals surface area contributed by atoms with Gasteiger partial charge in [0.05, 0.1) is 10.5 Å². The molecule has 1 fully saturated rings. The van der Waals surface area contributed by atoms with Gasteiger partial charge in [-0.15, -0.1) is 0 Å². The Morgan fingerprint density at radius 1 is 1.50 bits per heavy atom. The predicted molar refractivity (Wildman–Crippen MR) is 77.5 cm³/mol. The number of hydrogen-bond acceptors (Lipinski definition) is 3. The lowest BCUT2D eigenvalue weighted by Crippen LogP contribution is -2.46. The van der Waals surface area contributed by atoms with E-state index in [1.807, 2.05) is 0 Å². The van der Waals surface area contributed by atoms with E-state index in [1.54, 1.807) is 12.1 Å². The van der Waals surface area contributed by atoms with Gasteiger partial charge in [-0.3, -0.25) is 4.79 Å². The van der Waals surface area contributed by atoms with Crippen LogP contribution in [0, 0.1) is 11.7 Å². The quantitative estimate of drug-likeness (QED) is 0.877. The van der Waals surface area contributed by atoms with Gasteiger partial charge < -0.3 is 15.8 Å². The number of nitrogens with two attached hydrogens (primary N) is 1. The maximum atomic E-state index is 13.4. The largest absolute Gasteiger partial charge is 0.381 e. The fraction of sp³-hybridized carbons (Fsp3) is 0.500. The van der Waals surface area contributed by atoms with E-state index in [2.05, 4.69) is 21.2 Å². The zero-order valence-corrected chi connectivity index (χ0v) is 12.7. The van der Waals surface area contributed by atoms with Crippen molar-refractivity contribution >= 4 is 21.8 Å². The Hall–Kier alpha value is -0.980. The van der Waals surface area contributed by atoms with Crippen molar-refractivity contribution in [2.24, 2.45) is 11.7 Å². The molecule has 1 aromatic rings. The Kier molecular flexibility index (Phi) is 5.51. The first-order valence-electron chi connectivity index (χ1n) is 6.63. The van der Waals surface area contributed by atoms with E-state index in [0.717, 1.165) is 12.8 Å². The number of ether oxygens (including phenoxy) is 1.